The van der Waals surface area contributed by atoms with Crippen molar-refractivity contribution in [2.24, 2.45) is 0 Å². The second-order valence-corrected chi connectivity index (χ2v) is 2.79. The topological polar surface area (TPSA) is 63.6 Å². The predicted octanol–water partition coefficient (Wildman–Crippen LogP) is 1.35. The van der Waals surface area contributed by atoms with Gasteiger partial charge in [0.15, 0.2) is 6.10 Å². The number of benzene rings is 1. The molecule has 14 heavy (non-hydrogen) atoms. The van der Waals surface area contributed by atoms with Crippen molar-refractivity contribution in [2.75, 3.05) is 0 Å². The van der Waals surface area contributed by atoms with E-state index in [1.54, 1.807) is 24.3 Å². The molecule has 4 heteroatoms. The normalized spacial score (nSPS) is 11.8. The van der Waals surface area contributed by atoms with Crippen LogP contribution < -0.4 is 4.74 Å². The van der Waals surface area contributed by atoms with Crippen molar-refractivity contribution in [3.63, 3.8) is 0 Å². The van der Waals surface area contributed by atoms with Crippen molar-refractivity contribution in [3.8, 4) is 5.75 Å². The number of carbonyl (C=O) groups is 2. The van der Waals surface area contributed by atoms with Crippen LogP contribution in [0.5, 0.6) is 5.75 Å². The Labute approximate surface area is 81.1 Å². The van der Waals surface area contributed by atoms with Crippen molar-refractivity contribution in [2.45, 2.75) is 13.0 Å². The average Bonchev–Trinajstić information content (AvgIpc) is 2.19. The number of aliphatic carboxylic acids is 1. The average molecular weight is 194 g/mol. The summed E-state index contributed by atoms with van der Waals surface area (Å²) < 4.78 is 5.06. The summed E-state index contributed by atoms with van der Waals surface area (Å²) in [5.41, 5.74) is 0.528. The first-order valence-corrected chi connectivity index (χ1v) is 4.08. The summed E-state index contributed by atoms with van der Waals surface area (Å²) in [6, 6.07) is 6.25. The zero-order valence-corrected chi connectivity index (χ0v) is 7.64. The molecule has 1 rings (SSSR count). The van der Waals surface area contributed by atoms with Crippen LogP contribution in [0.1, 0.15) is 17.3 Å². The molecule has 1 aromatic carbocycles. The Bertz CT molecular complexity index is 328. The van der Waals surface area contributed by atoms with E-state index in [1.807, 2.05) is 0 Å². The monoisotopic (exact) mass is 194 g/mol. The molecule has 0 bridgehead atoms. The number of ether oxygens (including phenoxy) is 1. The fraction of sp³-hybridized carbons (Fsp3) is 0.200. The smallest absolute Gasteiger partial charge is 0.344 e. The Kier molecular flexibility index (Phi) is 3.23. The highest BCUT2D eigenvalue weighted by molar-refractivity contribution is 5.75. The molecular formula is C10H10O4. The fourth-order valence-electron chi connectivity index (χ4n) is 0.879. The summed E-state index contributed by atoms with van der Waals surface area (Å²) in [6.45, 7) is 1.44. The maximum Gasteiger partial charge on any atom is 0.344 e. The highest BCUT2D eigenvalue weighted by atomic mass is 16.5. The van der Waals surface area contributed by atoms with Gasteiger partial charge in [-0.1, -0.05) is 0 Å². The first-order chi connectivity index (χ1) is 6.63. The van der Waals surface area contributed by atoms with Crippen LogP contribution in [0.25, 0.3) is 0 Å². The number of rotatable bonds is 4. The van der Waals surface area contributed by atoms with E-state index < -0.39 is 12.1 Å². The van der Waals surface area contributed by atoms with Gasteiger partial charge in [0.25, 0.3) is 0 Å². The van der Waals surface area contributed by atoms with E-state index in [0.29, 0.717) is 17.6 Å². The molecule has 0 saturated heterocycles. The molecule has 1 aromatic rings. The SMILES string of the molecule is CC(Oc1ccc(C=O)cc1)C(=O)O. The summed E-state index contributed by atoms with van der Waals surface area (Å²) in [7, 11) is 0. The molecule has 0 amide bonds. The van der Waals surface area contributed by atoms with Gasteiger partial charge in [-0.05, 0) is 31.2 Å². The van der Waals surface area contributed by atoms with Gasteiger partial charge >= 0.3 is 5.97 Å². The van der Waals surface area contributed by atoms with Crippen LogP contribution in [0.15, 0.2) is 24.3 Å². The van der Waals surface area contributed by atoms with E-state index in [0.717, 1.165) is 0 Å². The number of carboxylic acids is 1. The van der Waals surface area contributed by atoms with Gasteiger partial charge in [0.2, 0.25) is 0 Å². The molecule has 0 radical (unpaired) electrons. The summed E-state index contributed by atoms with van der Waals surface area (Å²) in [5, 5.41) is 8.56. The predicted molar refractivity (Wildman–Crippen MR) is 49.6 cm³/mol. The molecule has 1 atom stereocenters. The van der Waals surface area contributed by atoms with E-state index in [9.17, 15) is 9.59 Å². The van der Waals surface area contributed by atoms with Gasteiger partial charge < -0.3 is 9.84 Å². The number of carboxylic acid groups (broad SMARTS) is 1. The Morgan fingerprint density at radius 3 is 2.43 bits per heavy atom. The largest absolute Gasteiger partial charge is 0.479 e. The van der Waals surface area contributed by atoms with E-state index in [1.165, 1.54) is 6.92 Å². The van der Waals surface area contributed by atoms with Crippen LogP contribution in [-0.2, 0) is 4.79 Å². The molecule has 1 unspecified atom stereocenters. The number of hydrogen-bond acceptors (Lipinski definition) is 3. The molecule has 0 aromatic heterocycles. The molecule has 0 heterocycles. The molecule has 0 aliphatic rings. The number of hydrogen-bond donors (Lipinski definition) is 1. The number of aldehydes is 1. The summed E-state index contributed by atoms with van der Waals surface area (Å²) in [5.74, 6) is -0.588. The van der Waals surface area contributed by atoms with Crippen LogP contribution in [-0.4, -0.2) is 23.5 Å². The molecule has 0 saturated carbocycles. The summed E-state index contributed by atoms with van der Waals surface area (Å²) in [6.07, 6.45) is -0.179. The first kappa shape index (κ1) is 10.2. The first-order valence-electron chi connectivity index (χ1n) is 4.08. The number of carbonyl (C=O) groups excluding carboxylic acids is 1. The Balaban J connectivity index is 2.68. The highest BCUT2D eigenvalue weighted by Gasteiger charge is 2.11. The van der Waals surface area contributed by atoms with Crippen LogP contribution in [0, 0.1) is 0 Å². The maximum atomic E-state index is 10.4. The lowest BCUT2D eigenvalue weighted by Crippen LogP contribution is -2.22. The second kappa shape index (κ2) is 4.41. The van der Waals surface area contributed by atoms with Gasteiger partial charge in [0, 0.05) is 5.56 Å². The van der Waals surface area contributed by atoms with Crippen molar-refractivity contribution in [1.29, 1.82) is 0 Å². The minimum absolute atomic E-state index is 0.436. The maximum absolute atomic E-state index is 10.4. The van der Waals surface area contributed by atoms with Crippen molar-refractivity contribution < 1.29 is 19.4 Å². The lowest BCUT2D eigenvalue weighted by atomic mass is 10.2. The van der Waals surface area contributed by atoms with Gasteiger partial charge in [0.05, 0.1) is 0 Å². The molecule has 1 N–H and O–H groups in total. The molecular weight excluding hydrogens is 184 g/mol. The molecule has 4 nitrogen and oxygen atoms in total. The van der Waals surface area contributed by atoms with E-state index in [4.69, 9.17) is 9.84 Å². The van der Waals surface area contributed by atoms with Gasteiger partial charge in [-0.15, -0.1) is 0 Å². The minimum Gasteiger partial charge on any atom is -0.479 e. The molecule has 0 spiro atoms. The molecule has 0 aliphatic heterocycles. The van der Waals surface area contributed by atoms with Crippen LogP contribution >= 0.6 is 0 Å². The fourth-order valence-corrected chi connectivity index (χ4v) is 0.879. The lowest BCUT2D eigenvalue weighted by Gasteiger charge is -2.09. The van der Waals surface area contributed by atoms with Crippen molar-refractivity contribution in [1.82, 2.24) is 0 Å². The lowest BCUT2D eigenvalue weighted by molar-refractivity contribution is -0.144. The second-order valence-electron chi connectivity index (χ2n) is 2.79. The van der Waals surface area contributed by atoms with Crippen LogP contribution in [0.4, 0.5) is 0 Å². The zero-order valence-electron chi connectivity index (χ0n) is 7.64. The Hall–Kier alpha value is -1.84. The minimum atomic E-state index is -1.02. The van der Waals surface area contributed by atoms with E-state index >= 15 is 0 Å². The van der Waals surface area contributed by atoms with Gasteiger partial charge in [0.1, 0.15) is 12.0 Å². The van der Waals surface area contributed by atoms with Crippen molar-refractivity contribution in [3.05, 3.63) is 29.8 Å². The third-order valence-corrected chi connectivity index (χ3v) is 1.68. The van der Waals surface area contributed by atoms with Gasteiger partial charge in [-0.3, -0.25) is 4.79 Å². The third kappa shape index (κ3) is 2.58. The zero-order chi connectivity index (χ0) is 10.6. The highest BCUT2D eigenvalue weighted by Crippen LogP contribution is 2.12. The molecule has 0 aliphatic carbocycles. The van der Waals surface area contributed by atoms with Gasteiger partial charge in [-0.2, -0.15) is 0 Å². The Morgan fingerprint density at radius 2 is 2.00 bits per heavy atom. The van der Waals surface area contributed by atoms with E-state index in [-0.39, 0.29) is 0 Å². The summed E-state index contributed by atoms with van der Waals surface area (Å²) >= 11 is 0. The molecule has 0 fully saturated rings. The standard InChI is InChI=1S/C10H10O4/c1-7(10(12)13)14-9-4-2-8(6-11)3-5-9/h2-7H,1H3,(H,12,13). The van der Waals surface area contributed by atoms with Crippen LogP contribution in [0.3, 0.4) is 0 Å². The molecule has 74 valence electrons. The van der Waals surface area contributed by atoms with E-state index in [2.05, 4.69) is 0 Å². The van der Waals surface area contributed by atoms with Crippen LogP contribution in [0.2, 0.25) is 0 Å². The summed E-state index contributed by atoms with van der Waals surface area (Å²) in [4.78, 5) is 20.8. The third-order valence-electron chi connectivity index (χ3n) is 1.68. The van der Waals surface area contributed by atoms with Crippen molar-refractivity contribution >= 4 is 12.3 Å². The Morgan fingerprint density at radius 1 is 1.43 bits per heavy atom. The van der Waals surface area contributed by atoms with Gasteiger partial charge in [-0.25, -0.2) is 4.79 Å². The quantitative estimate of drug-likeness (QED) is 0.735.